The number of H-pyrrole nitrogens is 1. The van der Waals surface area contributed by atoms with Crippen molar-refractivity contribution in [2.75, 3.05) is 6.54 Å². The highest BCUT2D eigenvalue weighted by atomic mass is 35.5. The highest BCUT2D eigenvalue weighted by Gasteiger charge is 2.14. The third kappa shape index (κ3) is 4.46. The van der Waals surface area contributed by atoms with Crippen molar-refractivity contribution < 1.29 is 9.63 Å². The molecule has 31 heavy (non-hydrogen) atoms. The molecule has 0 fully saturated rings. The fourth-order valence-corrected chi connectivity index (χ4v) is 2.99. The lowest BCUT2D eigenvalue weighted by atomic mass is 10.2. The lowest BCUT2D eigenvalue weighted by Crippen LogP contribution is -2.31. The van der Waals surface area contributed by atoms with Crippen LogP contribution in [-0.2, 0) is 6.42 Å². The number of nitrogens with zero attached hydrogens (tertiary/aromatic N) is 4. The first-order chi connectivity index (χ1) is 15.0. The lowest BCUT2D eigenvalue weighted by Gasteiger charge is -2.09. The standard InChI is InChI=1S/C21H16ClN5O4/c22-14-6-8-15(9-7-14)27-20(29)16(19(28)25-21(27)30)12-23-11-10-17-24-18(26-31-17)13-4-2-1-3-5-13/h1-9,12,29H,10-11H2,(H,25,28,30). The van der Waals surface area contributed by atoms with E-state index in [1.54, 1.807) is 24.3 Å². The van der Waals surface area contributed by atoms with Crippen LogP contribution in [0.5, 0.6) is 5.88 Å². The van der Waals surface area contributed by atoms with Crippen LogP contribution < -0.4 is 11.2 Å². The number of hydrogen-bond acceptors (Lipinski definition) is 7. The van der Waals surface area contributed by atoms with Gasteiger partial charge in [-0.1, -0.05) is 47.1 Å². The number of halogens is 1. The van der Waals surface area contributed by atoms with Crippen LogP contribution in [0.4, 0.5) is 0 Å². The summed E-state index contributed by atoms with van der Waals surface area (Å²) in [6, 6.07) is 15.6. The largest absolute Gasteiger partial charge is 0.493 e. The van der Waals surface area contributed by atoms with Crippen molar-refractivity contribution in [3.63, 3.8) is 0 Å². The van der Waals surface area contributed by atoms with Crippen LogP contribution in [0.2, 0.25) is 5.02 Å². The maximum Gasteiger partial charge on any atom is 0.335 e. The van der Waals surface area contributed by atoms with Crippen LogP contribution in [0, 0.1) is 0 Å². The molecule has 4 aromatic rings. The first kappa shape index (κ1) is 20.3. The van der Waals surface area contributed by atoms with E-state index >= 15 is 0 Å². The van der Waals surface area contributed by atoms with E-state index in [0.717, 1.165) is 10.1 Å². The molecule has 0 amide bonds. The Labute approximate surface area is 180 Å². The van der Waals surface area contributed by atoms with Gasteiger partial charge in [0.05, 0.1) is 5.69 Å². The van der Waals surface area contributed by atoms with E-state index in [2.05, 4.69) is 20.1 Å². The molecule has 0 unspecified atom stereocenters. The van der Waals surface area contributed by atoms with Gasteiger partial charge in [0.2, 0.25) is 17.6 Å². The van der Waals surface area contributed by atoms with Gasteiger partial charge in [-0.15, -0.1) is 0 Å². The fourth-order valence-electron chi connectivity index (χ4n) is 2.86. The van der Waals surface area contributed by atoms with Gasteiger partial charge in [0.15, 0.2) is 0 Å². The van der Waals surface area contributed by atoms with Gasteiger partial charge in [0.25, 0.3) is 5.56 Å². The van der Waals surface area contributed by atoms with Crippen LogP contribution in [-0.4, -0.2) is 37.6 Å². The number of aromatic hydroxyl groups is 1. The second kappa shape index (κ2) is 8.80. The molecular formula is C21H16ClN5O4. The van der Waals surface area contributed by atoms with Crippen LogP contribution in [0.3, 0.4) is 0 Å². The first-order valence-electron chi connectivity index (χ1n) is 9.25. The van der Waals surface area contributed by atoms with E-state index in [0.29, 0.717) is 28.8 Å². The molecule has 10 heteroatoms. The summed E-state index contributed by atoms with van der Waals surface area (Å²) in [5, 5.41) is 14.9. The number of nitrogens with one attached hydrogen (secondary N) is 1. The summed E-state index contributed by atoms with van der Waals surface area (Å²) in [5.41, 5.74) is -0.494. The molecule has 0 aliphatic carbocycles. The van der Waals surface area contributed by atoms with Gasteiger partial charge < -0.3 is 9.63 Å². The molecule has 2 aromatic heterocycles. The number of aliphatic imine (C=N–C) groups is 1. The van der Waals surface area contributed by atoms with Gasteiger partial charge in [-0.05, 0) is 24.3 Å². The Kier molecular flexibility index (Phi) is 5.76. The Morgan fingerprint density at radius 2 is 1.87 bits per heavy atom. The molecule has 9 nitrogen and oxygen atoms in total. The molecule has 0 radical (unpaired) electrons. The topological polar surface area (TPSA) is 126 Å². The number of hydrogen-bond donors (Lipinski definition) is 2. The molecule has 0 atom stereocenters. The minimum atomic E-state index is -0.777. The maximum absolute atomic E-state index is 12.2. The predicted octanol–water partition coefficient (Wildman–Crippen LogP) is 2.60. The van der Waals surface area contributed by atoms with E-state index < -0.39 is 17.1 Å². The zero-order chi connectivity index (χ0) is 21.8. The molecule has 2 heterocycles. The zero-order valence-corrected chi connectivity index (χ0v) is 16.8. The molecular weight excluding hydrogens is 422 g/mol. The Hall–Kier alpha value is -3.98. The Bertz CT molecular complexity index is 1340. The van der Waals surface area contributed by atoms with Crippen molar-refractivity contribution in [1.29, 1.82) is 0 Å². The minimum absolute atomic E-state index is 0.148. The van der Waals surface area contributed by atoms with Gasteiger partial charge in [0.1, 0.15) is 5.56 Å². The molecule has 0 spiro atoms. The number of benzene rings is 2. The third-order valence-electron chi connectivity index (χ3n) is 4.38. The van der Waals surface area contributed by atoms with Crippen molar-refractivity contribution in [1.82, 2.24) is 19.7 Å². The quantitative estimate of drug-likeness (QED) is 0.446. The summed E-state index contributed by atoms with van der Waals surface area (Å²) in [4.78, 5) is 34.9. The fraction of sp³-hybridized carbons (Fsp3) is 0.0952. The normalized spacial score (nSPS) is 11.3. The van der Waals surface area contributed by atoms with E-state index in [-0.39, 0.29) is 12.1 Å². The number of aromatic amines is 1. The highest BCUT2D eigenvalue weighted by molar-refractivity contribution is 6.30. The molecule has 0 saturated heterocycles. The second-order valence-corrected chi connectivity index (χ2v) is 6.91. The Balaban J connectivity index is 1.51. The van der Waals surface area contributed by atoms with Crippen LogP contribution in [0.1, 0.15) is 11.5 Å². The van der Waals surface area contributed by atoms with E-state index in [1.807, 2.05) is 30.3 Å². The van der Waals surface area contributed by atoms with Gasteiger partial charge in [-0.2, -0.15) is 4.98 Å². The van der Waals surface area contributed by atoms with E-state index in [9.17, 15) is 14.7 Å². The monoisotopic (exact) mass is 437 g/mol. The van der Waals surface area contributed by atoms with Crippen LogP contribution >= 0.6 is 11.6 Å². The van der Waals surface area contributed by atoms with Gasteiger partial charge in [-0.3, -0.25) is 14.8 Å². The van der Waals surface area contributed by atoms with Crippen molar-refractivity contribution in [2.24, 2.45) is 4.99 Å². The smallest absolute Gasteiger partial charge is 0.335 e. The van der Waals surface area contributed by atoms with Crippen LogP contribution in [0.25, 0.3) is 17.1 Å². The Morgan fingerprint density at radius 3 is 2.61 bits per heavy atom. The average Bonchev–Trinajstić information content (AvgIpc) is 3.24. The molecule has 2 aromatic carbocycles. The molecule has 2 N–H and O–H groups in total. The summed E-state index contributed by atoms with van der Waals surface area (Å²) < 4.78 is 6.17. The summed E-state index contributed by atoms with van der Waals surface area (Å²) in [5.74, 6) is 0.341. The molecule has 156 valence electrons. The first-order valence-corrected chi connectivity index (χ1v) is 9.63. The van der Waals surface area contributed by atoms with Crippen molar-refractivity contribution in [3.8, 4) is 23.0 Å². The highest BCUT2D eigenvalue weighted by Crippen LogP contribution is 2.18. The van der Waals surface area contributed by atoms with Gasteiger partial charge >= 0.3 is 5.69 Å². The Morgan fingerprint density at radius 1 is 1.13 bits per heavy atom. The predicted molar refractivity (Wildman–Crippen MR) is 115 cm³/mol. The zero-order valence-electron chi connectivity index (χ0n) is 16.0. The van der Waals surface area contributed by atoms with Crippen molar-refractivity contribution in [3.05, 3.63) is 91.9 Å². The van der Waals surface area contributed by atoms with Crippen LogP contribution in [0.15, 0.2) is 73.7 Å². The summed E-state index contributed by atoms with van der Waals surface area (Å²) >= 11 is 5.86. The van der Waals surface area contributed by atoms with E-state index in [1.165, 1.54) is 6.21 Å². The maximum atomic E-state index is 12.2. The molecule has 0 aliphatic heterocycles. The average molecular weight is 438 g/mol. The number of aromatic nitrogens is 4. The molecule has 0 bridgehead atoms. The lowest BCUT2D eigenvalue weighted by molar-refractivity contribution is 0.380. The SMILES string of the molecule is O=c1[nH]c(=O)n(-c2ccc(Cl)cc2)c(O)c1C=NCCc1nc(-c2ccccc2)no1. The molecule has 4 rings (SSSR count). The van der Waals surface area contributed by atoms with E-state index in [4.69, 9.17) is 16.1 Å². The summed E-state index contributed by atoms with van der Waals surface area (Å²) in [6.07, 6.45) is 1.54. The molecule has 0 aliphatic rings. The van der Waals surface area contributed by atoms with Crippen molar-refractivity contribution in [2.45, 2.75) is 6.42 Å². The molecule has 0 saturated carbocycles. The van der Waals surface area contributed by atoms with Gasteiger partial charge in [0, 0.05) is 29.8 Å². The number of rotatable bonds is 6. The van der Waals surface area contributed by atoms with Gasteiger partial charge in [-0.25, -0.2) is 9.36 Å². The minimum Gasteiger partial charge on any atom is -0.493 e. The third-order valence-corrected chi connectivity index (χ3v) is 4.63. The summed E-state index contributed by atoms with van der Waals surface area (Å²) in [6.45, 7) is 0.232. The second-order valence-electron chi connectivity index (χ2n) is 6.47. The van der Waals surface area contributed by atoms with Crippen molar-refractivity contribution >= 4 is 17.8 Å². The summed E-state index contributed by atoms with van der Waals surface area (Å²) in [7, 11) is 0.